The van der Waals surface area contributed by atoms with Gasteiger partial charge in [0.25, 0.3) is 0 Å². The number of alkyl carbamates (subject to hydrolysis) is 1. The molecule has 2 unspecified atom stereocenters. The average Bonchev–Trinajstić information content (AvgIpc) is 3.28. The van der Waals surface area contributed by atoms with Crippen LogP contribution in [0.5, 0.6) is 5.75 Å². The Kier molecular flexibility index (Phi) is 11.2. The fourth-order valence-corrected chi connectivity index (χ4v) is 4.36. The number of aromatic nitrogens is 1. The molecule has 196 valence electrons. The van der Waals surface area contributed by atoms with Crippen LogP contribution in [0.15, 0.2) is 30.5 Å². The number of carbonyl (C=O) groups is 1. The number of carbonyl (C=O) groups excluding carboxylic acids is 1. The molecule has 1 aromatic carbocycles. The van der Waals surface area contributed by atoms with E-state index >= 15 is 0 Å². The molecule has 2 N–H and O–H groups in total. The molecule has 35 heavy (non-hydrogen) atoms. The number of unbranched alkanes of at least 4 members (excludes halogenated alkanes) is 2. The number of hydrogen-bond acceptors (Lipinski definition) is 5. The molecule has 0 saturated carbocycles. The fraction of sp³-hybridized carbons (Fsp3) is 0.679. The Morgan fingerprint density at radius 3 is 2.80 bits per heavy atom. The van der Waals surface area contributed by atoms with Gasteiger partial charge in [-0.25, -0.2) is 4.79 Å². The molecular formula is C28H44N2O5. The van der Waals surface area contributed by atoms with Crippen LogP contribution in [0.3, 0.4) is 0 Å². The van der Waals surface area contributed by atoms with Crippen molar-refractivity contribution in [2.45, 2.75) is 90.4 Å². The van der Waals surface area contributed by atoms with E-state index in [1.807, 2.05) is 39.1 Å². The van der Waals surface area contributed by atoms with E-state index in [2.05, 4.69) is 22.4 Å². The normalized spacial score (nSPS) is 17.3. The summed E-state index contributed by atoms with van der Waals surface area (Å²) in [4.78, 5) is 15.2. The molecule has 1 aromatic heterocycles. The predicted octanol–water partition coefficient (Wildman–Crippen LogP) is 6.57. The summed E-state index contributed by atoms with van der Waals surface area (Å²) in [6.07, 6.45) is 11.2. The quantitative estimate of drug-likeness (QED) is 0.294. The molecule has 2 heterocycles. The van der Waals surface area contributed by atoms with E-state index in [0.717, 1.165) is 81.2 Å². The van der Waals surface area contributed by atoms with Crippen LogP contribution < -0.4 is 10.1 Å². The maximum absolute atomic E-state index is 12.0. The number of amides is 1. The van der Waals surface area contributed by atoms with Crippen LogP contribution >= 0.6 is 0 Å². The SMILES string of the molecule is CC(C)(C)OC(=O)NCCC(CCCCCOC1CCCCO1)CCOc1ccc2[nH]ccc2c1. The van der Waals surface area contributed by atoms with E-state index in [-0.39, 0.29) is 12.4 Å². The van der Waals surface area contributed by atoms with E-state index in [1.54, 1.807) is 0 Å². The van der Waals surface area contributed by atoms with Crippen LogP contribution in [-0.2, 0) is 14.2 Å². The molecule has 7 heteroatoms. The molecule has 1 fully saturated rings. The number of hydrogen-bond donors (Lipinski definition) is 2. The van der Waals surface area contributed by atoms with Crippen LogP contribution in [-0.4, -0.2) is 49.3 Å². The van der Waals surface area contributed by atoms with Gasteiger partial charge in [0.15, 0.2) is 6.29 Å². The molecule has 0 aliphatic carbocycles. The minimum atomic E-state index is -0.484. The zero-order valence-electron chi connectivity index (χ0n) is 21.8. The molecule has 2 aromatic rings. The Hall–Kier alpha value is -2.25. The van der Waals surface area contributed by atoms with E-state index in [0.29, 0.717) is 19.1 Å². The lowest BCUT2D eigenvalue weighted by atomic mass is 9.95. The topological polar surface area (TPSA) is 81.8 Å². The summed E-state index contributed by atoms with van der Waals surface area (Å²) in [5, 5.41) is 4.06. The molecule has 1 saturated heterocycles. The van der Waals surface area contributed by atoms with Gasteiger partial charge in [0.2, 0.25) is 0 Å². The smallest absolute Gasteiger partial charge is 0.407 e. The summed E-state index contributed by atoms with van der Waals surface area (Å²) in [5.41, 5.74) is 0.630. The van der Waals surface area contributed by atoms with Gasteiger partial charge in [0.05, 0.1) is 6.61 Å². The third kappa shape index (κ3) is 10.9. The zero-order chi connectivity index (χ0) is 24.9. The first kappa shape index (κ1) is 27.3. The number of ether oxygens (including phenoxy) is 4. The Morgan fingerprint density at radius 1 is 1.11 bits per heavy atom. The highest BCUT2D eigenvalue weighted by molar-refractivity contribution is 5.80. The van der Waals surface area contributed by atoms with Crippen molar-refractivity contribution in [2.24, 2.45) is 5.92 Å². The van der Waals surface area contributed by atoms with Gasteiger partial charge in [0.1, 0.15) is 11.4 Å². The van der Waals surface area contributed by atoms with Crippen molar-refractivity contribution in [1.29, 1.82) is 0 Å². The van der Waals surface area contributed by atoms with Gasteiger partial charge in [-0.2, -0.15) is 0 Å². The summed E-state index contributed by atoms with van der Waals surface area (Å²) in [6.45, 7) is 8.49. The van der Waals surface area contributed by atoms with Crippen molar-refractivity contribution in [3.05, 3.63) is 30.5 Å². The second-order valence-corrected chi connectivity index (χ2v) is 10.5. The number of aromatic amines is 1. The maximum atomic E-state index is 12.0. The van der Waals surface area contributed by atoms with Gasteiger partial charge in [-0.1, -0.05) is 19.3 Å². The average molecular weight is 489 g/mol. The zero-order valence-corrected chi connectivity index (χ0v) is 21.8. The lowest BCUT2D eigenvalue weighted by Gasteiger charge is -2.22. The Bertz CT molecular complexity index is 870. The number of H-pyrrole nitrogens is 1. The van der Waals surface area contributed by atoms with Gasteiger partial charge >= 0.3 is 6.09 Å². The maximum Gasteiger partial charge on any atom is 0.407 e. The molecular weight excluding hydrogens is 444 g/mol. The summed E-state index contributed by atoms with van der Waals surface area (Å²) in [6, 6.07) is 8.18. The van der Waals surface area contributed by atoms with Gasteiger partial charge in [-0.15, -0.1) is 0 Å². The Balaban J connectivity index is 1.37. The molecule has 3 rings (SSSR count). The van der Waals surface area contributed by atoms with E-state index in [1.165, 1.54) is 6.42 Å². The van der Waals surface area contributed by atoms with Crippen molar-refractivity contribution in [3.8, 4) is 5.75 Å². The molecule has 1 amide bonds. The highest BCUT2D eigenvalue weighted by atomic mass is 16.7. The lowest BCUT2D eigenvalue weighted by molar-refractivity contribution is -0.162. The minimum absolute atomic E-state index is 0.00179. The third-order valence-corrected chi connectivity index (χ3v) is 6.24. The molecule has 2 atom stereocenters. The van der Waals surface area contributed by atoms with Crippen LogP contribution in [0.2, 0.25) is 0 Å². The Morgan fingerprint density at radius 2 is 2.00 bits per heavy atom. The molecule has 0 bridgehead atoms. The van der Waals surface area contributed by atoms with E-state index < -0.39 is 5.60 Å². The number of rotatable bonds is 14. The molecule has 1 aliphatic rings. The van der Waals surface area contributed by atoms with Crippen LogP contribution in [0.4, 0.5) is 4.79 Å². The number of fused-ring (bicyclic) bond motifs is 1. The summed E-state index contributed by atoms with van der Waals surface area (Å²) in [7, 11) is 0. The van der Waals surface area contributed by atoms with Gasteiger partial charge in [-0.05, 0) is 89.5 Å². The molecule has 0 spiro atoms. The lowest BCUT2D eigenvalue weighted by Crippen LogP contribution is -2.33. The second-order valence-electron chi connectivity index (χ2n) is 10.5. The van der Waals surface area contributed by atoms with Crippen LogP contribution in [0.25, 0.3) is 10.9 Å². The van der Waals surface area contributed by atoms with Crippen LogP contribution in [0, 0.1) is 5.92 Å². The number of nitrogens with one attached hydrogen (secondary N) is 2. The molecule has 0 radical (unpaired) electrons. The van der Waals surface area contributed by atoms with Crippen molar-refractivity contribution >= 4 is 17.0 Å². The fourth-order valence-electron chi connectivity index (χ4n) is 4.36. The van der Waals surface area contributed by atoms with Crippen molar-refractivity contribution in [1.82, 2.24) is 10.3 Å². The van der Waals surface area contributed by atoms with Crippen molar-refractivity contribution in [3.63, 3.8) is 0 Å². The molecule has 7 nitrogen and oxygen atoms in total. The van der Waals surface area contributed by atoms with Gasteiger partial charge in [-0.3, -0.25) is 0 Å². The van der Waals surface area contributed by atoms with E-state index in [4.69, 9.17) is 18.9 Å². The Labute approximate surface area is 210 Å². The summed E-state index contributed by atoms with van der Waals surface area (Å²) >= 11 is 0. The van der Waals surface area contributed by atoms with Crippen molar-refractivity contribution < 1.29 is 23.7 Å². The summed E-state index contributed by atoms with van der Waals surface area (Å²) in [5.74, 6) is 1.37. The predicted molar refractivity (Wildman–Crippen MR) is 139 cm³/mol. The largest absolute Gasteiger partial charge is 0.494 e. The van der Waals surface area contributed by atoms with Gasteiger partial charge in [0, 0.05) is 36.9 Å². The van der Waals surface area contributed by atoms with Crippen molar-refractivity contribution in [2.75, 3.05) is 26.4 Å². The second kappa shape index (κ2) is 14.3. The van der Waals surface area contributed by atoms with E-state index in [9.17, 15) is 4.79 Å². The standard InChI is InChI=1S/C28H44N2O5/c1-28(2,3)35-27(31)30-16-13-22(9-5-4-7-18-33-26-10-6-8-19-34-26)15-20-32-24-11-12-25-23(21-24)14-17-29-25/h11-12,14,17,21-22,26,29H,4-10,13,15-16,18-20H2,1-3H3,(H,30,31). The monoisotopic (exact) mass is 488 g/mol. The third-order valence-electron chi connectivity index (χ3n) is 6.24. The number of benzene rings is 1. The first-order valence-corrected chi connectivity index (χ1v) is 13.3. The minimum Gasteiger partial charge on any atom is -0.494 e. The van der Waals surface area contributed by atoms with Crippen LogP contribution in [0.1, 0.15) is 78.6 Å². The highest BCUT2D eigenvalue weighted by Gasteiger charge is 2.17. The first-order chi connectivity index (χ1) is 16.9. The first-order valence-electron chi connectivity index (χ1n) is 13.3. The summed E-state index contributed by atoms with van der Waals surface area (Å²) < 4.78 is 22.9. The van der Waals surface area contributed by atoms with Gasteiger partial charge < -0.3 is 29.2 Å². The molecule has 1 aliphatic heterocycles. The highest BCUT2D eigenvalue weighted by Crippen LogP contribution is 2.22.